The van der Waals surface area contributed by atoms with E-state index in [2.05, 4.69) is 49.7 Å². The van der Waals surface area contributed by atoms with Gasteiger partial charge in [0.25, 0.3) is 0 Å². The van der Waals surface area contributed by atoms with Gasteiger partial charge in [-0.3, -0.25) is 4.90 Å². The maximum Gasteiger partial charge on any atom is 0.0558 e. The topological polar surface area (TPSA) is 38.7 Å². The molecule has 0 aromatic heterocycles. The monoisotopic (exact) mass is 299 g/mol. The van der Waals surface area contributed by atoms with Crippen molar-refractivity contribution in [3.8, 4) is 0 Å². The molecule has 1 saturated heterocycles. The van der Waals surface area contributed by atoms with Crippen molar-refractivity contribution in [1.82, 2.24) is 15.1 Å². The van der Waals surface area contributed by atoms with Crippen LogP contribution in [0.5, 0.6) is 0 Å². The molecular formula is C17H37N3O. The predicted molar refractivity (Wildman–Crippen MR) is 90.7 cm³/mol. The Labute approximate surface area is 131 Å². The summed E-state index contributed by atoms with van der Waals surface area (Å²) in [6.45, 7) is 19.3. The summed E-state index contributed by atoms with van der Waals surface area (Å²) in [6.07, 6.45) is 2.51. The summed E-state index contributed by atoms with van der Waals surface area (Å²) in [5.74, 6) is 0. The van der Waals surface area contributed by atoms with Crippen LogP contribution >= 0.6 is 0 Å². The summed E-state index contributed by atoms with van der Waals surface area (Å²) in [7, 11) is 0. The molecule has 1 rings (SSSR count). The average Bonchev–Trinajstić information content (AvgIpc) is 2.39. The summed E-state index contributed by atoms with van der Waals surface area (Å²) in [5, 5.41) is 12.7. The molecule has 0 aromatic rings. The fraction of sp³-hybridized carbons (Fsp3) is 1.00. The van der Waals surface area contributed by atoms with Gasteiger partial charge in [-0.05, 0) is 32.6 Å². The molecule has 1 heterocycles. The van der Waals surface area contributed by atoms with Gasteiger partial charge in [0.15, 0.2) is 0 Å². The summed E-state index contributed by atoms with van der Waals surface area (Å²) >= 11 is 0. The number of aliphatic hydroxyl groups excluding tert-OH is 1. The number of nitrogens with zero attached hydrogens (tertiary/aromatic N) is 2. The third kappa shape index (κ3) is 7.59. The number of rotatable bonds is 8. The van der Waals surface area contributed by atoms with Crippen LogP contribution in [0.3, 0.4) is 0 Å². The Morgan fingerprint density at radius 1 is 1.00 bits per heavy atom. The quantitative estimate of drug-likeness (QED) is 0.717. The van der Waals surface area contributed by atoms with E-state index >= 15 is 0 Å². The molecule has 0 aromatic carbocycles. The van der Waals surface area contributed by atoms with Gasteiger partial charge in [0.1, 0.15) is 0 Å². The third-order valence-electron chi connectivity index (χ3n) is 4.39. The maximum absolute atomic E-state index is 9.02. The molecule has 1 unspecified atom stereocenters. The fourth-order valence-electron chi connectivity index (χ4n) is 3.16. The van der Waals surface area contributed by atoms with Crippen molar-refractivity contribution >= 4 is 0 Å². The average molecular weight is 300 g/mol. The molecule has 1 fully saturated rings. The van der Waals surface area contributed by atoms with Crippen LogP contribution < -0.4 is 5.32 Å². The third-order valence-corrected chi connectivity index (χ3v) is 4.39. The molecule has 126 valence electrons. The van der Waals surface area contributed by atoms with Crippen LogP contribution in [0, 0.1) is 5.41 Å². The van der Waals surface area contributed by atoms with Gasteiger partial charge >= 0.3 is 0 Å². The van der Waals surface area contributed by atoms with Gasteiger partial charge in [0, 0.05) is 51.4 Å². The maximum atomic E-state index is 9.02. The molecule has 0 aliphatic carbocycles. The minimum Gasteiger partial charge on any atom is -0.395 e. The summed E-state index contributed by atoms with van der Waals surface area (Å²) in [4.78, 5) is 4.97. The molecule has 0 spiro atoms. The van der Waals surface area contributed by atoms with Crippen molar-refractivity contribution in [1.29, 1.82) is 0 Å². The lowest BCUT2D eigenvalue weighted by atomic mass is 9.84. The van der Waals surface area contributed by atoms with Crippen LogP contribution in [0.2, 0.25) is 0 Å². The van der Waals surface area contributed by atoms with Crippen LogP contribution in [0.1, 0.15) is 47.5 Å². The zero-order valence-electron chi connectivity index (χ0n) is 14.9. The standard InChI is InChI=1S/C17H37N3O/c1-6-7-17(5,14-18-16(2,3)4)15-20-10-8-19(9-11-20)12-13-21/h18,21H,6-15H2,1-5H3. The van der Waals surface area contributed by atoms with Crippen molar-refractivity contribution in [3.63, 3.8) is 0 Å². The zero-order valence-corrected chi connectivity index (χ0v) is 14.9. The lowest BCUT2D eigenvalue weighted by Gasteiger charge is -2.41. The van der Waals surface area contributed by atoms with Gasteiger partial charge in [-0.15, -0.1) is 0 Å². The smallest absolute Gasteiger partial charge is 0.0558 e. The highest BCUT2D eigenvalue weighted by Crippen LogP contribution is 2.25. The molecule has 4 nitrogen and oxygen atoms in total. The van der Waals surface area contributed by atoms with Gasteiger partial charge in [0.2, 0.25) is 0 Å². The summed E-state index contributed by atoms with van der Waals surface area (Å²) < 4.78 is 0. The first-order chi connectivity index (χ1) is 9.78. The first-order valence-electron chi connectivity index (χ1n) is 8.58. The number of hydrogen-bond acceptors (Lipinski definition) is 4. The summed E-state index contributed by atoms with van der Waals surface area (Å²) in [6, 6.07) is 0. The van der Waals surface area contributed by atoms with E-state index in [4.69, 9.17) is 5.11 Å². The molecule has 1 atom stereocenters. The van der Waals surface area contributed by atoms with Gasteiger partial charge in [-0.1, -0.05) is 20.3 Å². The minimum atomic E-state index is 0.189. The SMILES string of the molecule is CCCC(C)(CNC(C)(C)C)CN1CCN(CCO)CC1. The molecule has 1 aliphatic rings. The first kappa shape index (κ1) is 18.9. The predicted octanol–water partition coefficient (Wildman–Crippen LogP) is 1.79. The minimum absolute atomic E-state index is 0.189. The number of hydrogen-bond donors (Lipinski definition) is 2. The molecule has 0 radical (unpaired) electrons. The Balaban J connectivity index is 2.46. The lowest BCUT2D eigenvalue weighted by Crippen LogP contribution is -2.52. The van der Waals surface area contributed by atoms with Gasteiger partial charge < -0.3 is 15.3 Å². The highest BCUT2D eigenvalue weighted by Gasteiger charge is 2.29. The number of β-amino-alcohol motifs (C(OH)–C–C–N with tert-alkyl or cyclic N) is 1. The van der Waals surface area contributed by atoms with E-state index < -0.39 is 0 Å². The van der Waals surface area contributed by atoms with E-state index in [1.54, 1.807) is 0 Å². The van der Waals surface area contributed by atoms with Gasteiger partial charge in [-0.25, -0.2) is 0 Å². The van der Waals surface area contributed by atoms with Crippen molar-refractivity contribution in [2.75, 3.05) is 52.4 Å². The van der Waals surface area contributed by atoms with E-state index in [1.807, 2.05) is 0 Å². The van der Waals surface area contributed by atoms with E-state index in [-0.39, 0.29) is 12.1 Å². The highest BCUT2D eigenvalue weighted by atomic mass is 16.3. The lowest BCUT2D eigenvalue weighted by molar-refractivity contribution is 0.0741. The Hall–Kier alpha value is -0.160. The van der Waals surface area contributed by atoms with Crippen LogP contribution in [0.25, 0.3) is 0 Å². The number of aliphatic hydroxyl groups is 1. The van der Waals surface area contributed by atoms with Crippen molar-refractivity contribution in [3.05, 3.63) is 0 Å². The molecule has 2 N–H and O–H groups in total. The fourth-order valence-corrected chi connectivity index (χ4v) is 3.16. The molecule has 0 amide bonds. The van der Waals surface area contributed by atoms with Crippen molar-refractivity contribution in [2.45, 2.75) is 53.0 Å². The van der Waals surface area contributed by atoms with Gasteiger partial charge in [0.05, 0.1) is 6.61 Å². The normalized spacial score (nSPS) is 21.4. The number of nitrogens with one attached hydrogen (secondary N) is 1. The van der Waals surface area contributed by atoms with Crippen LogP contribution in [0.15, 0.2) is 0 Å². The Bertz CT molecular complexity index is 282. The molecule has 0 bridgehead atoms. The molecule has 21 heavy (non-hydrogen) atoms. The largest absolute Gasteiger partial charge is 0.395 e. The summed E-state index contributed by atoms with van der Waals surface area (Å²) in [5.41, 5.74) is 0.538. The molecule has 4 heteroatoms. The second-order valence-electron chi connectivity index (χ2n) is 8.01. The van der Waals surface area contributed by atoms with E-state index in [9.17, 15) is 0 Å². The molecular weight excluding hydrogens is 262 g/mol. The Kier molecular flexibility index (Phi) is 7.62. The second kappa shape index (κ2) is 8.47. The van der Waals surface area contributed by atoms with Crippen LogP contribution in [-0.4, -0.2) is 72.9 Å². The van der Waals surface area contributed by atoms with E-state index in [0.717, 1.165) is 39.3 Å². The van der Waals surface area contributed by atoms with E-state index in [1.165, 1.54) is 19.4 Å². The molecule has 0 saturated carbocycles. The second-order valence-corrected chi connectivity index (χ2v) is 8.01. The van der Waals surface area contributed by atoms with E-state index in [0.29, 0.717) is 5.41 Å². The number of piperazine rings is 1. The first-order valence-corrected chi connectivity index (χ1v) is 8.58. The zero-order chi connectivity index (χ0) is 15.9. The van der Waals surface area contributed by atoms with Crippen molar-refractivity contribution in [2.24, 2.45) is 5.41 Å². The van der Waals surface area contributed by atoms with Crippen molar-refractivity contribution < 1.29 is 5.11 Å². The van der Waals surface area contributed by atoms with Gasteiger partial charge in [-0.2, -0.15) is 0 Å². The van der Waals surface area contributed by atoms with Crippen LogP contribution in [0.4, 0.5) is 0 Å². The Morgan fingerprint density at radius 3 is 2.05 bits per heavy atom. The van der Waals surface area contributed by atoms with Crippen LogP contribution in [-0.2, 0) is 0 Å². The Morgan fingerprint density at radius 2 is 1.57 bits per heavy atom. The highest BCUT2D eigenvalue weighted by molar-refractivity contribution is 4.85. The molecule has 1 aliphatic heterocycles.